The van der Waals surface area contributed by atoms with Gasteiger partial charge in [-0.3, -0.25) is 4.79 Å². The molecule has 0 saturated heterocycles. The Morgan fingerprint density at radius 1 is 1.32 bits per heavy atom. The van der Waals surface area contributed by atoms with Crippen LogP contribution in [0.4, 0.5) is 0 Å². The van der Waals surface area contributed by atoms with Crippen LogP contribution in [-0.2, 0) is 6.54 Å². The highest BCUT2D eigenvalue weighted by molar-refractivity contribution is 7.80. The fourth-order valence-electron chi connectivity index (χ4n) is 1.69. The van der Waals surface area contributed by atoms with Crippen LogP contribution in [0.15, 0.2) is 47.3 Å². The van der Waals surface area contributed by atoms with Gasteiger partial charge < -0.3 is 5.73 Å². The topological polar surface area (TPSA) is 60.9 Å². The molecule has 1 heterocycles. The van der Waals surface area contributed by atoms with E-state index >= 15 is 0 Å². The maximum absolute atomic E-state index is 11.8. The number of nitrogens with two attached hydrogens (primary N) is 1. The van der Waals surface area contributed by atoms with Gasteiger partial charge in [-0.25, -0.2) is 4.68 Å². The van der Waals surface area contributed by atoms with Crippen LogP contribution >= 0.6 is 12.2 Å². The van der Waals surface area contributed by atoms with E-state index in [1.807, 2.05) is 37.3 Å². The number of rotatable bonds is 4. The predicted molar refractivity (Wildman–Crippen MR) is 79.9 cm³/mol. The van der Waals surface area contributed by atoms with Crippen molar-refractivity contribution in [1.29, 1.82) is 0 Å². The first-order chi connectivity index (χ1) is 9.08. The van der Waals surface area contributed by atoms with Gasteiger partial charge in [-0.1, -0.05) is 49.5 Å². The highest BCUT2D eigenvalue weighted by Crippen LogP contribution is 2.14. The van der Waals surface area contributed by atoms with E-state index in [2.05, 4.69) is 5.10 Å². The second kappa shape index (κ2) is 5.75. The zero-order valence-corrected chi connectivity index (χ0v) is 11.4. The van der Waals surface area contributed by atoms with Crippen molar-refractivity contribution >= 4 is 17.2 Å². The molecule has 0 aliphatic heterocycles. The lowest BCUT2D eigenvalue weighted by Gasteiger charge is -2.11. The SMILES string of the molecule is C[C@H](Cn1nc(-c2ccccc2)ccc1=O)C(N)=S. The maximum Gasteiger partial charge on any atom is 0.266 e. The second-order valence-electron chi connectivity index (χ2n) is 4.41. The number of hydrogen-bond donors (Lipinski definition) is 1. The summed E-state index contributed by atoms with van der Waals surface area (Å²) in [6, 6.07) is 13.0. The van der Waals surface area contributed by atoms with Crippen LogP contribution < -0.4 is 11.3 Å². The van der Waals surface area contributed by atoms with Gasteiger partial charge in [-0.15, -0.1) is 0 Å². The molecule has 19 heavy (non-hydrogen) atoms. The fraction of sp³-hybridized carbons (Fsp3) is 0.214. The van der Waals surface area contributed by atoms with Crippen LogP contribution in [0.1, 0.15) is 6.92 Å². The van der Waals surface area contributed by atoms with Gasteiger partial charge >= 0.3 is 0 Å². The molecule has 1 atom stereocenters. The fourth-order valence-corrected chi connectivity index (χ4v) is 1.77. The van der Waals surface area contributed by atoms with Gasteiger partial charge in [0.05, 0.1) is 17.2 Å². The maximum atomic E-state index is 11.8. The monoisotopic (exact) mass is 273 g/mol. The zero-order valence-electron chi connectivity index (χ0n) is 10.6. The first-order valence-corrected chi connectivity index (χ1v) is 6.41. The van der Waals surface area contributed by atoms with Crippen LogP contribution in [0, 0.1) is 5.92 Å². The van der Waals surface area contributed by atoms with Crippen molar-refractivity contribution in [2.24, 2.45) is 11.7 Å². The Bertz CT molecular complexity index is 637. The molecule has 0 radical (unpaired) electrons. The molecular weight excluding hydrogens is 258 g/mol. The van der Waals surface area contributed by atoms with Crippen molar-refractivity contribution in [3.8, 4) is 11.3 Å². The quantitative estimate of drug-likeness (QED) is 0.863. The van der Waals surface area contributed by atoms with E-state index in [0.29, 0.717) is 11.5 Å². The Balaban J connectivity index is 2.35. The van der Waals surface area contributed by atoms with Gasteiger partial charge in [0.1, 0.15) is 0 Å². The molecule has 5 heteroatoms. The van der Waals surface area contributed by atoms with Crippen molar-refractivity contribution in [1.82, 2.24) is 9.78 Å². The second-order valence-corrected chi connectivity index (χ2v) is 4.88. The Morgan fingerprint density at radius 2 is 2.00 bits per heavy atom. The average molecular weight is 273 g/mol. The van der Waals surface area contributed by atoms with Gasteiger partial charge in [0.2, 0.25) is 0 Å². The molecule has 0 saturated carbocycles. The van der Waals surface area contributed by atoms with Crippen molar-refractivity contribution in [3.05, 3.63) is 52.8 Å². The summed E-state index contributed by atoms with van der Waals surface area (Å²) in [6.45, 7) is 2.28. The Morgan fingerprint density at radius 3 is 2.63 bits per heavy atom. The molecule has 0 spiro atoms. The zero-order chi connectivity index (χ0) is 13.8. The lowest BCUT2D eigenvalue weighted by Crippen LogP contribution is -2.30. The summed E-state index contributed by atoms with van der Waals surface area (Å²) < 4.78 is 1.41. The van der Waals surface area contributed by atoms with E-state index in [1.165, 1.54) is 10.7 Å². The number of nitrogens with zero attached hydrogens (tertiary/aromatic N) is 2. The number of benzene rings is 1. The molecule has 4 nitrogen and oxygen atoms in total. The summed E-state index contributed by atoms with van der Waals surface area (Å²) in [4.78, 5) is 12.2. The molecular formula is C14H15N3OS. The molecule has 0 amide bonds. The molecule has 0 bridgehead atoms. The predicted octanol–water partition coefficient (Wildman–Crippen LogP) is 1.83. The normalized spacial score (nSPS) is 12.1. The Hall–Kier alpha value is -2.01. The summed E-state index contributed by atoms with van der Waals surface area (Å²) in [6.07, 6.45) is 0. The summed E-state index contributed by atoms with van der Waals surface area (Å²) in [5, 5.41) is 4.35. The van der Waals surface area contributed by atoms with E-state index in [-0.39, 0.29) is 11.5 Å². The minimum atomic E-state index is -0.150. The highest BCUT2D eigenvalue weighted by Gasteiger charge is 2.09. The largest absolute Gasteiger partial charge is 0.393 e. The van der Waals surface area contributed by atoms with Gasteiger partial charge in [0.15, 0.2) is 0 Å². The van der Waals surface area contributed by atoms with Crippen LogP contribution in [0.2, 0.25) is 0 Å². The van der Waals surface area contributed by atoms with Crippen molar-refractivity contribution < 1.29 is 0 Å². The standard InChI is InChI=1S/C14H15N3OS/c1-10(14(15)19)9-17-13(18)8-7-12(16-17)11-5-3-2-4-6-11/h2-8,10H,9H2,1H3,(H2,15,19)/t10-/m1/s1. The third kappa shape index (κ3) is 3.26. The average Bonchev–Trinajstić information content (AvgIpc) is 2.42. The van der Waals surface area contributed by atoms with Crippen LogP contribution in [-0.4, -0.2) is 14.8 Å². The van der Waals surface area contributed by atoms with E-state index < -0.39 is 0 Å². The smallest absolute Gasteiger partial charge is 0.266 e. The van der Waals surface area contributed by atoms with E-state index in [1.54, 1.807) is 6.07 Å². The minimum absolute atomic E-state index is 0.0637. The molecule has 0 unspecified atom stereocenters. The molecule has 1 aromatic heterocycles. The third-order valence-corrected chi connectivity index (χ3v) is 3.27. The van der Waals surface area contributed by atoms with Crippen LogP contribution in [0.5, 0.6) is 0 Å². The molecule has 0 aliphatic carbocycles. The van der Waals surface area contributed by atoms with Gasteiger partial charge in [-0.2, -0.15) is 5.10 Å². The number of hydrogen-bond acceptors (Lipinski definition) is 3. The first kappa shape index (κ1) is 13.4. The molecule has 98 valence electrons. The van der Waals surface area contributed by atoms with E-state index in [0.717, 1.165) is 11.3 Å². The lowest BCUT2D eigenvalue weighted by atomic mass is 10.1. The van der Waals surface area contributed by atoms with Gasteiger partial charge in [0, 0.05) is 17.5 Å². The van der Waals surface area contributed by atoms with Crippen LogP contribution in [0.25, 0.3) is 11.3 Å². The molecule has 0 aliphatic rings. The Kier molecular flexibility index (Phi) is 4.06. The summed E-state index contributed by atoms with van der Waals surface area (Å²) in [5.41, 5.74) is 7.15. The van der Waals surface area contributed by atoms with Gasteiger partial charge in [0.25, 0.3) is 5.56 Å². The molecule has 1 aromatic carbocycles. The Labute approximate surface area is 116 Å². The van der Waals surface area contributed by atoms with Crippen molar-refractivity contribution in [2.45, 2.75) is 13.5 Å². The summed E-state index contributed by atoms with van der Waals surface area (Å²) in [7, 11) is 0. The number of aromatic nitrogens is 2. The third-order valence-electron chi connectivity index (χ3n) is 2.87. The number of thiocarbonyl (C=S) groups is 1. The minimum Gasteiger partial charge on any atom is -0.393 e. The lowest BCUT2D eigenvalue weighted by molar-refractivity contribution is 0.518. The van der Waals surface area contributed by atoms with Crippen molar-refractivity contribution in [2.75, 3.05) is 0 Å². The first-order valence-electron chi connectivity index (χ1n) is 6.01. The summed E-state index contributed by atoms with van der Waals surface area (Å²) in [5.74, 6) is -0.0637. The van der Waals surface area contributed by atoms with E-state index in [9.17, 15) is 4.79 Å². The van der Waals surface area contributed by atoms with E-state index in [4.69, 9.17) is 18.0 Å². The molecule has 2 N–H and O–H groups in total. The molecule has 2 aromatic rings. The van der Waals surface area contributed by atoms with Crippen molar-refractivity contribution in [3.63, 3.8) is 0 Å². The van der Waals surface area contributed by atoms with Crippen LogP contribution in [0.3, 0.4) is 0 Å². The summed E-state index contributed by atoms with van der Waals surface area (Å²) >= 11 is 4.92. The highest BCUT2D eigenvalue weighted by atomic mass is 32.1. The molecule has 2 rings (SSSR count). The van der Waals surface area contributed by atoms with Gasteiger partial charge in [-0.05, 0) is 6.07 Å². The molecule has 0 fully saturated rings.